The number of aromatic nitrogens is 1. The topological polar surface area (TPSA) is 95.8 Å². The summed E-state index contributed by atoms with van der Waals surface area (Å²) in [6, 6.07) is 15.7. The number of aliphatic hydroxyl groups is 1. The number of likely N-dealkylation sites (tertiary alicyclic amines) is 1. The van der Waals surface area contributed by atoms with Gasteiger partial charge in [-0.25, -0.2) is 0 Å². The SMILES string of the molecule is COc1ccc(/C(O)=C2/C(=O)C(=O)N(CCc3c[nH]c4ccccc34)C2c2ccco2)c(C)c1. The number of hydrogen-bond donors (Lipinski definition) is 2. The van der Waals surface area contributed by atoms with Crippen LogP contribution in [0, 0.1) is 6.92 Å². The lowest BCUT2D eigenvalue weighted by Gasteiger charge is -2.23. The second kappa shape index (κ2) is 8.59. The summed E-state index contributed by atoms with van der Waals surface area (Å²) in [5, 5.41) is 12.3. The maximum Gasteiger partial charge on any atom is 0.295 e. The van der Waals surface area contributed by atoms with Crippen LogP contribution in [0.2, 0.25) is 0 Å². The number of aryl methyl sites for hydroxylation is 1. The number of fused-ring (bicyclic) bond motifs is 1. The monoisotopic (exact) mass is 456 g/mol. The molecule has 1 fully saturated rings. The number of ketones is 1. The van der Waals surface area contributed by atoms with E-state index < -0.39 is 17.7 Å². The van der Waals surface area contributed by atoms with Gasteiger partial charge in [-0.1, -0.05) is 18.2 Å². The molecule has 34 heavy (non-hydrogen) atoms. The number of carbonyl (C=O) groups excluding carboxylic acids is 2. The van der Waals surface area contributed by atoms with Crippen molar-refractivity contribution < 1.29 is 23.8 Å². The van der Waals surface area contributed by atoms with E-state index >= 15 is 0 Å². The Kier molecular flexibility index (Phi) is 5.45. The number of amides is 1. The van der Waals surface area contributed by atoms with Gasteiger partial charge in [0.2, 0.25) is 0 Å². The Morgan fingerprint density at radius 2 is 1.97 bits per heavy atom. The first-order valence-corrected chi connectivity index (χ1v) is 11.0. The molecular formula is C27H24N2O5. The average Bonchev–Trinajstić information content (AvgIpc) is 3.57. The van der Waals surface area contributed by atoms with Gasteiger partial charge in [0.05, 0.1) is 18.9 Å². The molecule has 1 amide bonds. The molecule has 0 saturated carbocycles. The number of aromatic amines is 1. The number of H-pyrrole nitrogens is 1. The molecule has 0 radical (unpaired) electrons. The minimum absolute atomic E-state index is 0.0205. The summed E-state index contributed by atoms with van der Waals surface area (Å²) in [5.41, 5.74) is 3.26. The lowest BCUT2D eigenvalue weighted by atomic mass is 9.97. The maximum absolute atomic E-state index is 13.2. The molecule has 1 saturated heterocycles. The van der Waals surface area contributed by atoms with Crippen molar-refractivity contribution in [3.63, 3.8) is 0 Å². The minimum Gasteiger partial charge on any atom is -0.507 e. The van der Waals surface area contributed by atoms with E-state index in [0.717, 1.165) is 22.0 Å². The van der Waals surface area contributed by atoms with Crippen molar-refractivity contribution in [2.45, 2.75) is 19.4 Å². The van der Waals surface area contributed by atoms with E-state index in [1.54, 1.807) is 37.4 Å². The molecule has 2 aromatic heterocycles. The van der Waals surface area contributed by atoms with Crippen molar-refractivity contribution in [2.24, 2.45) is 0 Å². The van der Waals surface area contributed by atoms with Crippen LogP contribution in [-0.4, -0.2) is 40.3 Å². The fourth-order valence-corrected chi connectivity index (χ4v) is 4.61. The van der Waals surface area contributed by atoms with Gasteiger partial charge in [0.25, 0.3) is 11.7 Å². The number of carbonyl (C=O) groups is 2. The summed E-state index contributed by atoms with van der Waals surface area (Å²) < 4.78 is 10.9. The molecule has 1 aliphatic rings. The Morgan fingerprint density at radius 3 is 2.71 bits per heavy atom. The summed E-state index contributed by atoms with van der Waals surface area (Å²) in [5.74, 6) is -0.557. The number of para-hydroxylation sites is 1. The second-order valence-corrected chi connectivity index (χ2v) is 8.30. The van der Waals surface area contributed by atoms with E-state index in [-0.39, 0.29) is 17.9 Å². The highest BCUT2D eigenvalue weighted by Gasteiger charge is 2.47. The Hall–Kier alpha value is -4.26. The molecule has 0 bridgehead atoms. The predicted octanol–water partition coefficient (Wildman–Crippen LogP) is 4.74. The zero-order valence-corrected chi connectivity index (χ0v) is 18.9. The van der Waals surface area contributed by atoms with Gasteiger partial charge < -0.3 is 24.1 Å². The summed E-state index contributed by atoms with van der Waals surface area (Å²) in [7, 11) is 1.56. The van der Waals surface area contributed by atoms with E-state index in [1.165, 1.54) is 11.2 Å². The van der Waals surface area contributed by atoms with E-state index in [1.807, 2.05) is 37.4 Å². The van der Waals surface area contributed by atoms with Crippen molar-refractivity contribution in [3.05, 3.63) is 95.1 Å². The van der Waals surface area contributed by atoms with Gasteiger partial charge in [-0.3, -0.25) is 9.59 Å². The zero-order chi connectivity index (χ0) is 23.8. The summed E-state index contributed by atoms with van der Waals surface area (Å²) >= 11 is 0. The predicted molar refractivity (Wildman–Crippen MR) is 127 cm³/mol. The van der Waals surface area contributed by atoms with E-state index in [4.69, 9.17) is 9.15 Å². The van der Waals surface area contributed by atoms with Crippen LogP contribution in [0.5, 0.6) is 5.75 Å². The normalized spacial score (nSPS) is 17.6. The summed E-state index contributed by atoms with van der Waals surface area (Å²) in [4.78, 5) is 31.0. The third-order valence-corrected chi connectivity index (χ3v) is 6.34. The van der Waals surface area contributed by atoms with Crippen LogP contribution < -0.4 is 4.74 Å². The van der Waals surface area contributed by atoms with Crippen LogP contribution in [-0.2, 0) is 16.0 Å². The highest BCUT2D eigenvalue weighted by Crippen LogP contribution is 2.40. The largest absolute Gasteiger partial charge is 0.507 e. The van der Waals surface area contributed by atoms with Crippen LogP contribution in [0.1, 0.15) is 28.5 Å². The number of furan rings is 1. The van der Waals surface area contributed by atoms with Gasteiger partial charge >= 0.3 is 0 Å². The number of nitrogens with one attached hydrogen (secondary N) is 1. The molecule has 5 rings (SSSR count). The molecule has 2 N–H and O–H groups in total. The van der Waals surface area contributed by atoms with Crippen LogP contribution >= 0.6 is 0 Å². The number of aliphatic hydroxyl groups excluding tert-OH is 1. The highest BCUT2D eigenvalue weighted by atomic mass is 16.5. The number of nitrogens with zero attached hydrogens (tertiary/aromatic N) is 1. The van der Waals surface area contributed by atoms with Gasteiger partial charge in [0.1, 0.15) is 23.3 Å². The molecular weight excluding hydrogens is 432 g/mol. The second-order valence-electron chi connectivity index (χ2n) is 8.30. The molecule has 2 aromatic carbocycles. The maximum atomic E-state index is 13.2. The van der Waals surface area contributed by atoms with Crippen molar-refractivity contribution in [3.8, 4) is 5.75 Å². The molecule has 0 aliphatic carbocycles. The van der Waals surface area contributed by atoms with Gasteiger partial charge in [0.15, 0.2) is 0 Å². The number of ether oxygens (including phenoxy) is 1. The van der Waals surface area contributed by atoms with Gasteiger partial charge in [-0.15, -0.1) is 0 Å². The smallest absolute Gasteiger partial charge is 0.295 e. The Morgan fingerprint density at radius 1 is 1.15 bits per heavy atom. The standard InChI is InChI=1S/C27H24N2O5/c1-16-14-18(33-2)9-10-19(16)25(30)23-24(22-8-5-13-34-22)29(27(32)26(23)31)12-11-17-15-28-21-7-4-3-6-20(17)21/h3-10,13-15,24,28,30H,11-12H2,1-2H3/b25-23-. The fourth-order valence-electron chi connectivity index (χ4n) is 4.61. The molecule has 1 unspecified atom stereocenters. The fraction of sp³-hybridized carbons (Fsp3) is 0.185. The molecule has 0 spiro atoms. The summed E-state index contributed by atoms with van der Waals surface area (Å²) in [6.45, 7) is 2.10. The molecule has 3 heterocycles. The van der Waals surface area contributed by atoms with Crippen LogP contribution in [0.3, 0.4) is 0 Å². The quantitative estimate of drug-likeness (QED) is 0.248. The number of rotatable bonds is 6. The number of methoxy groups -OCH3 is 1. The zero-order valence-electron chi connectivity index (χ0n) is 18.9. The number of Topliss-reactive ketones (excluding diaryl/α,β-unsaturated/α-hetero) is 1. The first-order chi connectivity index (χ1) is 16.5. The van der Waals surface area contributed by atoms with Crippen LogP contribution in [0.25, 0.3) is 16.7 Å². The van der Waals surface area contributed by atoms with E-state index in [2.05, 4.69) is 4.98 Å². The first kappa shape index (κ1) is 21.6. The lowest BCUT2D eigenvalue weighted by Crippen LogP contribution is -2.31. The van der Waals surface area contributed by atoms with Crippen molar-refractivity contribution >= 4 is 28.4 Å². The van der Waals surface area contributed by atoms with Crippen molar-refractivity contribution in [2.75, 3.05) is 13.7 Å². The van der Waals surface area contributed by atoms with Gasteiger partial charge in [-0.2, -0.15) is 0 Å². The van der Waals surface area contributed by atoms with E-state index in [0.29, 0.717) is 23.5 Å². The van der Waals surface area contributed by atoms with Crippen LogP contribution in [0.15, 0.2) is 77.0 Å². The van der Waals surface area contributed by atoms with Gasteiger partial charge in [0, 0.05) is 29.2 Å². The van der Waals surface area contributed by atoms with Crippen molar-refractivity contribution in [1.29, 1.82) is 0 Å². The van der Waals surface area contributed by atoms with Crippen molar-refractivity contribution in [1.82, 2.24) is 9.88 Å². The average molecular weight is 456 g/mol. The first-order valence-electron chi connectivity index (χ1n) is 11.0. The molecule has 1 atom stereocenters. The molecule has 7 heteroatoms. The Balaban J connectivity index is 1.54. The number of hydrogen-bond acceptors (Lipinski definition) is 5. The number of benzene rings is 2. The van der Waals surface area contributed by atoms with E-state index in [9.17, 15) is 14.7 Å². The lowest BCUT2D eigenvalue weighted by molar-refractivity contribution is -0.140. The Labute approximate surface area is 196 Å². The molecule has 172 valence electrons. The molecule has 7 nitrogen and oxygen atoms in total. The van der Waals surface area contributed by atoms with Gasteiger partial charge in [-0.05, 0) is 60.9 Å². The minimum atomic E-state index is -0.818. The summed E-state index contributed by atoms with van der Waals surface area (Å²) in [6.07, 6.45) is 3.95. The Bertz CT molecular complexity index is 1410. The highest BCUT2D eigenvalue weighted by molar-refractivity contribution is 6.46. The third-order valence-electron chi connectivity index (χ3n) is 6.34. The molecule has 4 aromatic rings. The van der Waals surface area contributed by atoms with Crippen LogP contribution in [0.4, 0.5) is 0 Å². The molecule has 1 aliphatic heterocycles. The third kappa shape index (κ3) is 3.55.